The minimum absolute atomic E-state index is 0.613. The van der Waals surface area contributed by atoms with Gasteiger partial charge in [0.05, 0.1) is 22.5 Å². The van der Waals surface area contributed by atoms with Crippen molar-refractivity contribution in [3.8, 4) is 16.5 Å². The van der Waals surface area contributed by atoms with Crippen molar-refractivity contribution in [3.05, 3.63) is 71.6 Å². The summed E-state index contributed by atoms with van der Waals surface area (Å²) in [6.07, 6.45) is 0. The van der Waals surface area contributed by atoms with E-state index >= 15 is 0 Å². The maximum Gasteiger partial charge on any atom is 0.151 e. The Labute approximate surface area is 145 Å². The van der Waals surface area contributed by atoms with E-state index in [1.807, 2.05) is 18.2 Å². The number of rotatable bonds is 5. The van der Waals surface area contributed by atoms with Gasteiger partial charge in [-0.1, -0.05) is 35.9 Å². The van der Waals surface area contributed by atoms with Gasteiger partial charge in [0.15, 0.2) is 5.82 Å². The van der Waals surface area contributed by atoms with Crippen molar-refractivity contribution in [2.45, 2.75) is 13.5 Å². The summed E-state index contributed by atoms with van der Waals surface area (Å²) in [6.45, 7) is 3.46. The summed E-state index contributed by atoms with van der Waals surface area (Å²) in [7, 11) is 0. The van der Waals surface area contributed by atoms with Gasteiger partial charge in [0.25, 0.3) is 0 Å². The van der Waals surface area contributed by atoms with Crippen LogP contribution < -0.4 is 4.74 Å². The molecule has 0 unspecified atom stereocenters. The zero-order valence-corrected chi connectivity index (χ0v) is 14.3. The number of aromatic nitrogens is 2. The highest BCUT2D eigenvalue weighted by Gasteiger charge is 2.13. The lowest BCUT2D eigenvalue weighted by Crippen LogP contribution is -2.09. The zero-order valence-electron chi connectivity index (χ0n) is 13.5. The fourth-order valence-corrected chi connectivity index (χ4v) is 3.51. The average molecular weight is 334 g/mol. The first-order valence-corrected chi connectivity index (χ1v) is 8.88. The van der Waals surface area contributed by atoms with E-state index < -0.39 is 0 Å². The predicted molar refractivity (Wildman–Crippen MR) is 99.7 cm³/mol. The lowest BCUT2D eigenvalue weighted by molar-refractivity contribution is 0.301. The third-order valence-corrected chi connectivity index (χ3v) is 4.87. The third-order valence-electron chi connectivity index (χ3n) is 4.00. The fraction of sp³-hybridized carbons (Fsp3) is 0.150. The Morgan fingerprint density at radius 2 is 1.83 bits per heavy atom. The number of aryl methyl sites for hydroxylation is 1. The van der Waals surface area contributed by atoms with E-state index in [1.54, 1.807) is 11.3 Å². The van der Waals surface area contributed by atoms with Crippen LogP contribution in [0.15, 0.2) is 66.0 Å². The summed E-state index contributed by atoms with van der Waals surface area (Å²) in [5.74, 6) is 1.92. The number of fused-ring (bicyclic) bond motifs is 1. The number of imidazole rings is 1. The van der Waals surface area contributed by atoms with Crippen molar-refractivity contribution in [2.24, 2.45) is 0 Å². The first kappa shape index (κ1) is 15.0. The number of thiophene rings is 1. The maximum atomic E-state index is 5.91. The molecule has 0 radical (unpaired) electrons. The second-order valence-corrected chi connectivity index (χ2v) is 6.66. The van der Waals surface area contributed by atoms with Crippen LogP contribution in [0.1, 0.15) is 5.56 Å². The summed E-state index contributed by atoms with van der Waals surface area (Å²) in [5, 5.41) is 2.09. The number of hydrogen-bond donors (Lipinski definition) is 0. The molecule has 4 heteroatoms. The van der Waals surface area contributed by atoms with Gasteiger partial charge >= 0.3 is 0 Å². The van der Waals surface area contributed by atoms with Crippen LogP contribution >= 0.6 is 11.3 Å². The highest BCUT2D eigenvalue weighted by molar-refractivity contribution is 7.13. The molecule has 0 amide bonds. The number of ether oxygens (including phenoxy) is 1. The van der Waals surface area contributed by atoms with Crippen LogP contribution in [0.5, 0.6) is 5.75 Å². The minimum atomic E-state index is 0.613. The fourth-order valence-electron chi connectivity index (χ4n) is 2.79. The summed E-state index contributed by atoms with van der Waals surface area (Å²) < 4.78 is 8.16. The van der Waals surface area contributed by atoms with Gasteiger partial charge in [-0.25, -0.2) is 4.98 Å². The Morgan fingerprint density at radius 1 is 1.00 bits per heavy atom. The van der Waals surface area contributed by atoms with E-state index in [2.05, 4.69) is 59.3 Å². The van der Waals surface area contributed by atoms with E-state index in [9.17, 15) is 0 Å². The van der Waals surface area contributed by atoms with Crippen LogP contribution in [-0.4, -0.2) is 16.2 Å². The van der Waals surface area contributed by atoms with E-state index in [-0.39, 0.29) is 0 Å². The maximum absolute atomic E-state index is 5.91. The number of nitrogens with zero attached hydrogens (tertiary/aromatic N) is 2. The molecule has 0 aliphatic heterocycles. The van der Waals surface area contributed by atoms with Crippen molar-refractivity contribution in [2.75, 3.05) is 6.61 Å². The van der Waals surface area contributed by atoms with Crippen LogP contribution in [0.3, 0.4) is 0 Å². The van der Waals surface area contributed by atoms with Gasteiger partial charge in [0, 0.05) is 0 Å². The molecule has 0 fully saturated rings. The normalized spacial score (nSPS) is 11.0. The van der Waals surface area contributed by atoms with Gasteiger partial charge in [0.2, 0.25) is 0 Å². The molecule has 0 N–H and O–H groups in total. The topological polar surface area (TPSA) is 27.1 Å². The van der Waals surface area contributed by atoms with Gasteiger partial charge < -0.3 is 9.30 Å². The largest absolute Gasteiger partial charge is 0.492 e. The molecule has 0 aliphatic rings. The van der Waals surface area contributed by atoms with Crippen LogP contribution in [-0.2, 0) is 6.54 Å². The summed E-state index contributed by atoms with van der Waals surface area (Å²) in [4.78, 5) is 5.99. The van der Waals surface area contributed by atoms with Gasteiger partial charge in [0.1, 0.15) is 12.4 Å². The molecule has 2 heterocycles. The second kappa shape index (κ2) is 6.49. The van der Waals surface area contributed by atoms with Gasteiger partial charge in [-0.05, 0) is 42.6 Å². The summed E-state index contributed by atoms with van der Waals surface area (Å²) in [5.41, 5.74) is 3.41. The standard InChI is InChI=1S/C20H18N2OS/c1-15-8-10-16(11-9-15)23-13-12-22-18-6-3-2-5-17(18)21-20(22)19-7-4-14-24-19/h2-11,14H,12-13H2,1H3. The molecule has 2 aromatic carbocycles. The second-order valence-electron chi connectivity index (χ2n) is 5.71. The molecule has 24 heavy (non-hydrogen) atoms. The summed E-state index contributed by atoms with van der Waals surface area (Å²) in [6, 6.07) is 20.6. The lowest BCUT2D eigenvalue weighted by Gasteiger charge is -2.10. The van der Waals surface area contributed by atoms with Crippen molar-refractivity contribution < 1.29 is 4.74 Å². The molecule has 4 rings (SSSR count). The molecular formula is C20H18N2OS. The molecule has 2 aromatic heterocycles. The Kier molecular flexibility index (Phi) is 4.05. The highest BCUT2D eigenvalue weighted by atomic mass is 32.1. The molecule has 0 spiro atoms. The molecule has 0 saturated carbocycles. The quantitative estimate of drug-likeness (QED) is 0.504. The number of hydrogen-bond acceptors (Lipinski definition) is 3. The van der Waals surface area contributed by atoms with Gasteiger partial charge in [-0.15, -0.1) is 11.3 Å². The molecular weight excluding hydrogens is 316 g/mol. The monoisotopic (exact) mass is 334 g/mol. The van der Waals surface area contributed by atoms with Crippen molar-refractivity contribution in [3.63, 3.8) is 0 Å². The number of benzene rings is 2. The van der Waals surface area contributed by atoms with Gasteiger partial charge in [-0.3, -0.25) is 0 Å². The lowest BCUT2D eigenvalue weighted by atomic mass is 10.2. The predicted octanol–water partition coefficient (Wildman–Crippen LogP) is 5.15. The Balaban J connectivity index is 1.60. The van der Waals surface area contributed by atoms with E-state index in [4.69, 9.17) is 9.72 Å². The average Bonchev–Trinajstić information content (AvgIpc) is 3.24. The van der Waals surface area contributed by atoms with Crippen molar-refractivity contribution in [1.29, 1.82) is 0 Å². The minimum Gasteiger partial charge on any atom is -0.492 e. The Bertz CT molecular complexity index is 940. The van der Waals surface area contributed by atoms with Crippen LogP contribution in [0, 0.1) is 6.92 Å². The molecule has 0 aliphatic carbocycles. The smallest absolute Gasteiger partial charge is 0.151 e. The first-order valence-electron chi connectivity index (χ1n) is 8.00. The van der Waals surface area contributed by atoms with E-state index in [1.165, 1.54) is 10.4 Å². The van der Waals surface area contributed by atoms with Crippen LogP contribution in [0.4, 0.5) is 0 Å². The first-order chi connectivity index (χ1) is 11.8. The molecule has 0 saturated heterocycles. The molecule has 3 nitrogen and oxygen atoms in total. The SMILES string of the molecule is Cc1ccc(OCCn2c(-c3cccs3)nc3ccccc32)cc1. The molecule has 0 bridgehead atoms. The third kappa shape index (κ3) is 2.93. The Hall–Kier alpha value is -2.59. The summed E-state index contributed by atoms with van der Waals surface area (Å²) >= 11 is 1.71. The highest BCUT2D eigenvalue weighted by Crippen LogP contribution is 2.28. The van der Waals surface area contributed by atoms with Crippen molar-refractivity contribution >= 4 is 22.4 Å². The molecule has 4 aromatic rings. The number of para-hydroxylation sites is 2. The Morgan fingerprint density at radius 3 is 2.62 bits per heavy atom. The van der Waals surface area contributed by atoms with Crippen LogP contribution in [0.25, 0.3) is 21.7 Å². The van der Waals surface area contributed by atoms with Crippen LogP contribution in [0.2, 0.25) is 0 Å². The van der Waals surface area contributed by atoms with Crippen molar-refractivity contribution in [1.82, 2.24) is 9.55 Å². The molecule has 0 atom stereocenters. The van der Waals surface area contributed by atoms with Gasteiger partial charge in [-0.2, -0.15) is 0 Å². The molecule has 120 valence electrons. The van der Waals surface area contributed by atoms with E-state index in [0.29, 0.717) is 6.61 Å². The zero-order chi connectivity index (χ0) is 16.4. The van der Waals surface area contributed by atoms with E-state index in [0.717, 1.165) is 29.2 Å².